The van der Waals surface area contributed by atoms with Gasteiger partial charge in [-0.1, -0.05) is 0 Å². The van der Waals surface area contributed by atoms with Crippen LogP contribution < -0.4 is 10.6 Å². The predicted octanol–water partition coefficient (Wildman–Crippen LogP) is 1.55. The monoisotopic (exact) mass is 305 g/mol. The fourth-order valence-corrected chi connectivity index (χ4v) is 3.80. The van der Waals surface area contributed by atoms with Crippen LogP contribution in [0.5, 0.6) is 0 Å². The standard InChI is InChI=1S/C16H27N5O/c1-12(22)19-15-9-18-20-16(15)14-5-3-7-21(11-14)10-13-4-2-6-17-8-13/h9,13-14,17H,2-8,10-11H2,1H3,(H,18,20)(H,19,22). The van der Waals surface area contributed by atoms with Crippen LogP contribution in [0, 0.1) is 5.92 Å². The van der Waals surface area contributed by atoms with Crippen molar-refractivity contribution in [2.24, 2.45) is 5.92 Å². The molecule has 0 radical (unpaired) electrons. The van der Waals surface area contributed by atoms with Gasteiger partial charge in [-0.05, 0) is 51.2 Å². The Hall–Kier alpha value is -1.40. The summed E-state index contributed by atoms with van der Waals surface area (Å²) in [7, 11) is 0. The summed E-state index contributed by atoms with van der Waals surface area (Å²) in [5.41, 5.74) is 1.93. The number of hydrogen-bond acceptors (Lipinski definition) is 4. The fourth-order valence-electron chi connectivity index (χ4n) is 3.80. The first-order valence-electron chi connectivity index (χ1n) is 8.46. The number of anilines is 1. The number of H-pyrrole nitrogens is 1. The first-order valence-corrected chi connectivity index (χ1v) is 8.46. The third-order valence-electron chi connectivity index (χ3n) is 4.81. The summed E-state index contributed by atoms with van der Waals surface area (Å²) in [6, 6.07) is 0. The summed E-state index contributed by atoms with van der Waals surface area (Å²) < 4.78 is 0. The number of piperidine rings is 2. The number of rotatable bonds is 4. The number of carbonyl (C=O) groups excluding carboxylic acids is 1. The topological polar surface area (TPSA) is 73.0 Å². The third kappa shape index (κ3) is 3.87. The molecule has 2 unspecified atom stereocenters. The summed E-state index contributed by atoms with van der Waals surface area (Å²) in [5.74, 6) is 1.18. The van der Waals surface area contributed by atoms with E-state index in [0.29, 0.717) is 5.92 Å². The Morgan fingerprint density at radius 2 is 2.36 bits per heavy atom. The van der Waals surface area contributed by atoms with Crippen molar-refractivity contribution in [3.05, 3.63) is 11.9 Å². The normalized spacial score (nSPS) is 26.8. The Balaban J connectivity index is 1.60. The molecule has 0 saturated carbocycles. The van der Waals surface area contributed by atoms with Crippen LogP contribution in [0.3, 0.4) is 0 Å². The van der Waals surface area contributed by atoms with Gasteiger partial charge >= 0.3 is 0 Å². The summed E-state index contributed by atoms with van der Waals surface area (Å²) in [6.07, 6.45) is 6.74. The van der Waals surface area contributed by atoms with Gasteiger partial charge in [-0.15, -0.1) is 0 Å². The molecular formula is C16H27N5O. The molecule has 6 nitrogen and oxygen atoms in total. The molecule has 2 aliphatic rings. The number of nitrogens with one attached hydrogen (secondary N) is 3. The molecular weight excluding hydrogens is 278 g/mol. The Morgan fingerprint density at radius 1 is 1.45 bits per heavy atom. The lowest BCUT2D eigenvalue weighted by molar-refractivity contribution is -0.114. The van der Waals surface area contributed by atoms with Gasteiger partial charge < -0.3 is 15.5 Å². The molecule has 6 heteroatoms. The number of aromatic amines is 1. The van der Waals surface area contributed by atoms with Crippen molar-refractivity contribution in [1.29, 1.82) is 0 Å². The largest absolute Gasteiger partial charge is 0.323 e. The van der Waals surface area contributed by atoms with Crippen molar-refractivity contribution in [3.8, 4) is 0 Å². The van der Waals surface area contributed by atoms with Gasteiger partial charge in [0.1, 0.15) is 0 Å². The zero-order chi connectivity index (χ0) is 15.4. The second kappa shape index (κ2) is 7.24. The molecule has 3 rings (SSSR count). The van der Waals surface area contributed by atoms with E-state index in [2.05, 4.69) is 25.7 Å². The van der Waals surface area contributed by atoms with Crippen LogP contribution in [0.25, 0.3) is 0 Å². The van der Waals surface area contributed by atoms with Crippen molar-refractivity contribution in [1.82, 2.24) is 20.4 Å². The van der Waals surface area contributed by atoms with Gasteiger partial charge in [0.2, 0.25) is 5.91 Å². The second-order valence-corrected chi connectivity index (χ2v) is 6.69. The van der Waals surface area contributed by atoms with Crippen LogP contribution >= 0.6 is 0 Å². The second-order valence-electron chi connectivity index (χ2n) is 6.69. The zero-order valence-corrected chi connectivity index (χ0v) is 13.4. The third-order valence-corrected chi connectivity index (χ3v) is 4.81. The maximum absolute atomic E-state index is 11.3. The Labute approximate surface area is 132 Å². The van der Waals surface area contributed by atoms with Crippen LogP contribution in [0.4, 0.5) is 5.69 Å². The average Bonchev–Trinajstić information content (AvgIpc) is 2.96. The van der Waals surface area contributed by atoms with Crippen molar-refractivity contribution in [3.63, 3.8) is 0 Å². The van der Waals surface area contributed by atoms with E-state index in [4.69, 9.17) is 0 Å². The number of nitrogens with zero attached hydrogens (tertiary/aromatic N) is 2. The van der Waals surface area contributed by atoms with Crippen molar-refractivity contribution >= 4 is 11.6 Å². The van der Waals surface area contributed by atoms with Gasteiger partial charge in [-0.3, -0.25) is 9.89 Å². The van der Waals surface area contributed by atoms with E-state index < -0.39 is 0 Å². The molecule has 3 heterocycles. The summed E-state index contributed by atoms with van der Waals surface area (Å²) in [4.78, 5) is 13.9. The van der Waals surface area contributed by atoms with Crippen LogP contribution in [-0.4, -0.2) is 53.7 Å². The van der Waals surface area contributed by atoms with E-state index in [-0.39, 0.29) is 5.91 Å². The number of hydrogen-bond donors (Lipinski definition) is 3. The fraction of sp³-hybridized carbons (Fsp3) is 0.750. The number of carbonyl (C=O) groups is 1. The van der Waals surface area contributed by atoms with Gasteiger partial charge in [0, 0.05) is 25.9 Å². The molecule has 0 aromatic carbocycles. The highest BCUT2D eigenvalue weighted by Crippen LogP contribution is 2.30. The minimum atomic E-state index is -0.0383. The van der Waals surface area contributed by atoms with E-state index in [1.54, 1.807) is 13.1 Å². The predicted molar refractivity (Wildman–Crippen MR) is 86.9 cm³/mol. The molecule has 3 N–H and O–H groups in total. The van der Waals surface area contributed by atoms with Gasteiger partial charge in [0.05, 0.1) is 17.6 Å². The van der Waals surface area contributed by atoms with Gasteiger partial charge in [0.15, 0.2) is 0 Å². The van der Waals surface area contributed by atoms with Crippen LogP contribution in [0.15, 0.2) is 6.20 Å². The summed E-state index contributed by atoms with van der Waals surface area (Å²) in [6.45, 7) is 7.31. The lowest BCUT2D eigenvalue weighted by Gasteiger charge is -2.36. The molecule has 2 aliphatic heterocycles. The highest BCUT2D eigenvalue weighted by molar-refractivity contribution is 5.89. The molecule has 0 bridgehead atoms. The molecule has 2 fully saturated rings. The number of likely N-dealkylation sites (tertiary alicyclic amines) is 1. The molecule has 1 amide bonds. The molecule has 1 aromatic heterocycles. The molecule has 0 spiro atoms. The Bertz CT molecular complexity index is 494. The molecule has 2 saturated heterocycles. The van der Waals surface area contributed by atoms with E-state index in [9.17, 15) is 4.79 Å². The Morgan fingerprint density at radius 3 is 3.14 bits per heavy atom. The van der Waals surface area contributed by atoms with Gasteiger partial charge in [0.25, 0.3) is 0 Å². The van der Waals surface area contributed by atoms with Gasteiger partial charge in [-0.2, -0.15) is 5.10 Å². The lowest BCUT2D eigenvalue weighted by Crippen LogP contribution is -2.42. The maximum Gasteiger partial charge on any atom is 0.221 e. The minimum Gasteiger partial charge on any atom is -0.323 e. The van der Waals surface area contributed by atoms with Gasteiger partial charge in [-0.25, -0.2) is 0 Å². The minimum absolute atomic E-state index is 0.0383. The summed E-state index contributed by atoms with van der Waals surface area (Å²) in [5, 5.41) is 13.6. The average molecular weight is 305 g/mol. The molecule has 0 aliphatic carbocycles. The van der Waals surface area contributed by atoms with E-state index in [0.717, 1.165) is 36.8 Å². The van der Waals surface area contributed by atoms with E-state index in [1.165, 1.54) is 38.9 Å². The zero-order valence-electron chi connectivity index (χ0n) is 13.4. The van der Waals surface area contributed by atoms with Crippen molar-refractivity contribution < 1.29 is 4.79 Å². The first kappa shape index (κ1) is 15.5. The first-order chi connectivity index (χ1) is 10.7. The van der Waals surface area contributed by atoms with Crippen molar-refractivity contribution in [2.75, 3.05) is 38.0 Å². The number of aromatic nitrogens is 2. The highest BCUT2D eigenvalue weighted by atomic mass is 16.1. The maximum atomic E-state index is 11.3. The van der Waals surface area contributed by atoms with Crippen LogP contribution in [0.2, 0.25) is 0 Å². The molecule has 2 atom stereocenters. The molecule has 1 aromatic rings. The molecule has 122 valence electrons. The Kier molecular flexibility index (Phi) is 5.10. The lowest BCUT2D eigenvalue weighted by atomic mass is 9.92. The molecule has 22 heavy (non-hydrogen) atoms. The van der Waals surface area contributed by atoms with Crippen LogP contribution in [-0.2, 0) is 4.79 Å². The SMILES string of the molecule is CC(=O)Nc1cn[nH]c1C1CCCN(CC2CCCNC2)C1. The van der Waals surface area contributed by atoms with Crippen LogP contribution in [0.1, 0.15) is 44.2 Å². The van der Waals surface area contributed by atoms with E-state index >= 15 is 0 Å². The van der Waals surface area contributed by atoms with Crippen molar-refractivity contribution in [2.45, 2.75) is 38.5 Å². The quantitative estimate of drug-likeness (QED) is 0.789. The summed E-state index contributed by atoms with van der Waals surface area (Å²) >= 11 is 0. The van der Waals surface area contributed by atoms with E-state index in [1.807, 2.05) is 0 Å². The smallest absolute Gasteiger partial charge is 0.221 e. The highest BCUT2D eigenvalue weighted by Gasteiger charge is 2.26. The number of amides is 1.